The van der Waals surface area contributed by atoms with Crippen LogP contribution in [0.25, 0.3) is 11.3 Å². The normalized spacial score (nSPS) is 10.2. The average molecular weight is 313 g/mol. The summed E-state index contributed by atoms with van der Waals surface area (Å²) in [5.41, 5.74) is 1.52. The Bertz CT molecular complexity index is 586. The molecule has 0 radical (unpaired) electrons. The number of aromatic carboxylic acids is 1. The number of halogens is 2. The summed E-state index contributed by atoms with van der Waals surface area (Å²) < 4.78 is 0.926. The molecule has 3 nitrogen and oxygen atoms in total. The van der Waals surface area contributed by atoms with Crippen LogP contribution in [0.3, 0.4) is 0 Å². The van der Waals surface area contributed by atoms with Crippen LogP contribution in [0.4, 0.5) is 0 Å². The molecule has 17 heavy (non-hydrogen) atoms. The van der Waals surface area contributed by atoms with Crippen LogP contribution in [0.5, 0.6) is 0 Å². The first-order chi connectivity index (χ1) is 8.08. The third kappa shape index (κ3) is 2.65. The fourth-order valence-electron chi connectivity index (χ4n) is 1.40. The third-order valence-electron chi connectivity index (χ3n) is 2.20. The van der Waals surface area contributed by atoms with Gasteiger partial charge in [0.2, 0.25) is 0 Å². The van der Waals surface area contributed by atoms with Gasteiger partial charge >= 0.3 is 5.97 Å². The van der Waals surface area contributed by atoms with Crippen molar-refractivity contribution in [1.82, 2.24) is 4.98 Å². The van der Waals surface area contributed by atoms with E-state index in [4.69, 9.17) is 16.7 Å². The van der Waals surface area contributed by atoms with Crippen LogP contribution in [0.1, 0.15) is 10.4 Å². The number of rotatable bonds is 2. The summed E-state index contributed by atoms with van der Waals surface area (Å²) in [6.45, 7) is 0. The van der Waals surface area contributed by atoms with Crippen molar-refractivity contribution in [2.45, 2.75) is 0 Å². The fourth-order valence-corrected chi connectivity index (χ4v) is 2.04. The number of hydrogen-bond acceptors (Lipinski definition) is 2. The van der Waals surface area contributed by atoms with Crippen LogP contribution in [0.15, 0.2) is 40.9 Å². The number of carboxylic acid groups (broad SMARTS) is 1. The molecular formula is C12H7BrClNO2. The molecule has 0 aliphatic carbocycles. The predicted octanol–water partition coefficient (Wildman–Crippen LogP) is 3.86. The van der Waals surface area contributed by atoms with Gasteiger partial charge < -0.3 is 5.11 Å². The summed E-state index contributed by atoms with van der Waals surface area (Å²) in [4.78, 5) is 14.9. The lowest BCUT2D eigenvalue weighted by Crippen LogP contribution is -1.99. The quantitative estimate of drug-likeness (QED) is 0.857. The van der Waals surface area contributed by atoms with Crippen molar-refractivity contribution < 1.29 is 9.90 Å². The van der Waals surface area contributed by atoms with Gasteiger partial charge in [-0.1, -0.05) is 39.7 Å². The molecular weight excluding hydrogens is 305 g/mol. The fraction of sp³-hybridized carbons (Fsp3) is 0. The van der Waals surface area contributed by atoms with Crippen LogP contribution in [0.2, 0.25) is 5.15 Å². The Labute approximate surface area is 111 Å². The Morgan fingerprint density at radius 2 is 2.06 bits per heavy atom. The maximum atomic E-state index is 10.8. The van der Waals surface area contributed by atoms with E-state index in [1.807, 2.05) is 24.3 Å². The Hall–Kier alpha value is -1.39. The second-order valence-corrected chi connectivity index (χ2v) is 4.62. The van der Waals surface area contributed by atoms with Crippen LogP contribution in [-0.4, -0.2) is 16.1 Å². The molecule has 0 amide bonds. The highest BCUT2D eigenvalue weighted by molar-refractivity contribution is 9.10. The molecule has 2 aromatic rings. The van der Waals surface area contributed by atoms with Gasteiger partial charge in [0.25, 0.3) is 0 Å². The van der Waals surface area contributed by atoms with Crippen molar-refractivity contribution >= 4 is 33.5 Å². The Kier molecular flexibility index (Phi) is 3.45. The number of pyridine rings is 1. The first kappa shape index (κ1) is 12.1. The zero-order valence-corrected chi connectivity index (χ0v) is 10.9. The summed E-state index contributed by atoms with van der Waals surface area (Å²) in [6.07, 6.45) is 0. The van der Waals surface area contributed by atoms with E-state index in [0.717, 1.165) is 10.0 Å². The highest BCUT2D eigenvalue weighted by atomic mass is 79.9. The molecule has 0 fully saturated rings. The van der Waals surface area contributed by atoms with Crippen molar-refractivity contribution in [3.05, 3.63) is 51.6 Å². The highest BCUT2D eigenvalue weighted by Crippen LogP contribution is 2.24. The van der Waals surface area contributed by atoms with Gasteiger partial charge in [0.05, 0.1) is 11.3 Å². The van der Waals surface area contributed by atoms with E-state index in [-0.39, 0.29) is 10.7 Å². The summed E-state index contributed by atoms with van der Waals surface area (Å²) >= 11 is 9.17. The second-order valence-electron chi connectivity index (χ2n) is 3.35. The molecule has 0 atom stereocenters. The molecule has 0 saturated carbocycles. The van der Waals surface area contributed by atoms with Crippen molar-refractivity contribution in [2.75, 3.05) is 0 Å². The van der Waals surface area contributed by atoms with E-state index >= 15 is 0 Å². The number of nitrogens with zero attached hydrogens (tertiary/aromatic N) is 1. The molecule has 0 aliphatic rings. The summed E-state index contributed by atoms with van der Waals surface area (Å²) in [5, 5.41) is 8.83. The van der Waals surface area contributed by atoms with Crippen LogP contribution < -0.4 is 0 Å². The minimum atomic E-state index is -1.08. The van der Waals surface area contributed by atoms with E-state index < -0.39 is 5.97 Å². The molecule has 1 aromatic carbocycles. The van der Waals surface area contributed by atoms with Gasteiger partial charge in [0.15, 0.2) is 0 Å². The molecule has 5 heteroatoms. The SMILES string of the molecule is O=C(O)c1ccc(-c2cccc(Br)c2)nc1Cl. The van der Waals surface area contributed by atoms with Gasteiger partial charge in [-0.2, -0.15) is 0 Å². The lowest BCUT2D eigenvalue weighted by molar-refractivity contribution is 0.0696. The minimum absolute atomic E-state index is 0.00465. The largest absolute Gasteiger partial charge is 0.478 e. The number of carboxylic acids is 1. The maximum Gasteiger partial charge on any atom is 0.338 e. The van der Waals surface area contributed by atoms with Gasteiger partial charge in [0, 0.05) is 10.0 Å². The lowest BCUT2D eigenvalue weighted by atomic mass is 10.1. The number of aromatic nitrogens is 1. The Balaban J connectivity index is 2.48. The van der Waals surface area contributed by atoms with Crippen LogP contribution in [0, 0.1) is 0 Å². The Morgan fingerprint density at radius 3 is 2.65 bits per heavy atom. The lowest BCUT2D eigenvalue weighted by Gasteiger charge is -2.04. The molecule has 2 rings (SSSR count). The topological polar surface area (TPSA) is 50.2 Å². The van der Waals surface area contributed by atoms with Crippen molar-refractivity contribution in [3.8, 4) is 11.3 Å². The molecule has 0 aliphatic heterocycles. The van der Waals surface area contributed by atoms with Crippen LogP contribution >= 0.6 is 27.5 Å². The van der Waals surface area contributed by atoms with Crippen molar-refractivity contribution in [2.24, 2.45) is 0 Å². The zero-order chi connectivity index (χ0) is 12.4. The molecule has 1 aromatic heterocycles. The zero-order valence-electron chi connectivity index (χ0n) is 8.52. The summed E-state index contributed by atoms with van der Waals surface area (Å²) in [7, 11) is 0. The smallest absolute Gasteiger partial charge is 0.338 e. The van der Waals surface area contributed by atoms with Gasteiger partial charge in [-0.15, -0.1) is 0 Å². The Morgan fingerprint density at radius 1 is 1.29 bits per heavy atom. The standard InChI is InChI=1S/C12H7BrClNO2/c13-8-3-1-2-7(6-8)10-5-4-9(12(16)17)11(14)15-10/h1-6H,(H,16,17). The first-order valence-corrected chi connectivity index (χ1v) is 5.91. The predicted molar refractivity (Wildman–Crippen MR) is 69.3 cm³/mol. The van der Waals surface area contributed by atoms with Gasteiger partial charge in [-0.05, 0) is 24.3 Å². The molecule has 0 saturated heterocycles. The summed E-state index contributed by atoms with van der Waals surface area (Å²) in [5.74, 6) is -1.08. The first-order valence-electron chi connectivity index (χ1n) is 4.73. The van der Waals surface area contributed by atoms with Gasteiger partial charge in [-0.25, -0.2) is 9.78 Å². The van der Waals surface area contributed by atoms with Crippen molar-refractivity contribution in [3.63, 3.8) is 0 Å². The third-order valence-corrected chi connectivity index (χ3v) is 2.98. The van der Waals surface area contributed by atoms with Gasteiger partial charge in [0.1, 0.15) is 5.15 Å². The summed E-state index contributed by atoms with van der Waals surface area (Å²) in [6, 6.07) is 10.6. The molecule has 1 N–H and O–H groups in total. The van der Waals surface area contributed by atoms with E-state index in [0.29, 0.717) is 5.69 Å². The highest BCUT2D eigenvalue weighted by Gasteiger charge is 2.11. The van der Waals surface area contributed by atoms with E-state index in [1.165, 1.54) is 6.07 Å². The number of carbonyl (C=O) groups is 1. The number of benzene rings is 1. The minimum Gasteiger partial charge on any atom is -0.478 e. The average Bonchev–Trinajstić information content (AvgIpc) is 2.28. The monoisotopic (exact) mass is 311 g/mol. The van der Waals surface area contributed by atoms with E-state index in [1.54, 1.807) is 6.07 Å². The molecule has 0 bridgehead atoms. The second kappa shape index (κ2) is 4.85. The maximum absolute atomic E-state index is 10.8. The van der Waals surface area contributed by atoms with Gasteiger partial charge in [-0.3, -0.25) is 0 Å². The molecule has 0 unspecified atom stereocenters. The van der Waals surface area contributed by atoms with E-state index in [2.05, 4.69) is 20.9 Å². The van der Waals surface area contributed by atoms with Crippen molar-refractivity contribution in [1.29, 1.82) is 0 Å². The molecule has 0 spiro atoms. The molecule has 86 valence electrons. The number of hydrogen-bond donors (Lipinski definition) is 1. The van der Waals surface area contributed by atoms with Crippen LogP contribution in [-0.2, 0) is 0 Å². The van der Waals surface area contributed by atoms with E-state index in [9.17, 15) is 4.79 Å². The molecule has 1 heterocycles.